The summed E-state index contributed by atoms with van der Waals surface area (Å²) in [7, 11) is 0. The predicted molar refractivity (Wildman–Crippen MR) is 297 cm³/mol. The van der Waals surface area contributed by atoms with Gasteiger partial charge < -0.3 is 0 Å². The maximum absolute atomic E-state index is 5.53. The molecule has 70 heavy (non-hydrogen) atoms. The molecule has 0 saturated carbocycles. The van der Waals surface area contributed by atoms with Crippen LogP contribution in [0.15, 0.2) is 248 Å². The van der Waals surface area contributed by atoms with Crippen molar-refractivity contribution in [2.75, 3.05) is 0 Å². The molecule has 326 valence electrons. The zero-order valence-electron chi connectivity index (χ0n) is 37.9. The molecule has 14 rings (SSSR count). The van der Waals surface area contributed by atoms with Gasteiger partial charge in [-0.05, 0) is 124 Å². The SMILES string of the molecule is c1ccc(-c2ccc(-c3cc(-n4c5ccc(-c6ccccc6)cc5c5cc6c7ccccc7c7cc(-c8cccc9ccsc89)ccc7c6cc54)nc(-c4ccc(-c5ccccc5)cc4)n3)cc2)cc1. The van der Waals surface area contributed by atoms with E-state index in [-0.39, 0.29) is 0 Å². The first kappa shape index (κ1) is 40.1. The summed E-state index contributed by atoms with van der Waals surface area (Å²) in [6, 6.07) is 87.9. The standard InChI is InChI=1S/C66H41N3S/c1-4-13-42(14-5-1)45-23-27-47(28-24-45)61-41-64(68-66(67-61)49-29-25-46(26-30-49)43-15-6-2-7-16-43)69-62-34-32-50(44-17-8-3-9-18-44)37-59(62)60-39-57-54-21-11-10-20-53(54)56-38-51(31-33-55(56)58(57)40-63(60)69)52-22-12-19-48-35-36-70-65(48)52/h1-41H. The smallest absolute Gasteiger partial charge is 0.162 e. The summed E-state index contributed by atoms with van der Waals surface area (Å²) in [5.74, 6) is 1.48. The summed E-state index contributed by atoms with van der Waals surface area (Å²) in [4.78, 5) is 10.9. The van der Waals surface area contributed by atoms with Crippen molar-refractivity contribution in [3.8, 4) is 73.0 Å². The Balaban J connectivity index is 1.04. The van der Waals surface area contributed by atoms with E-state index in [1.165, 1.54) is 86.6 Å². The molecular weight excluding hydrogens is 867 g/mol. The molecule has 0 aliphatic carbocycles. The van der Waals surface area contributed by atoms with Gasteiger partial charge in [0, 0.05) is 32.7 Å². The number of fused-ring (bicyclic) bond motifs is 10. The summed E-state index contributed by atoms with van der Waals surface area (Å²) < 4.78 is 3.69. The maximum Gasteiger partial charge on any atom is 0.162 e. The number of benzene rings is 11. The number of hydrogen-bond donors (Lipinski definition) is 0. The van der Waals surface area contributed by atoms with Crippen molar-refractivity contribution in [2.45, 2.75) is 0 Å². The van der Waals surface area contributed by atoms with Crippen LogP contribution in [0.4, 0.5) is 0 Å². The number of hydrogen-bond acceptors (Lipinski definition) is 3. The van der Waals surface area contributed by atoms with Gasteiger partial charge >= 0.3 is 0 Å². The Bertz CT molecular complexity index is 4210. The average molecular weight is 908 g/mol. The normalized spacial score (nSPS) is 11.7. The van der Waals surface area contributed by atoms with Crippen molar-refractivity contribution in [3.05, 3.63) is 248 Å². The van der Waals surface area contributed by atoms with Crippen molar-refractivity contribution in [3.63, 3.8) is 0 Å². The Morgan fingerprint density at radius 2 is 0.814 bits per heavy atom. The summed E-state index contributed by atoms with van der Waals surface area (Å²) in [5, 5.41) is 13.2. The monoisotopic (exact) mass is 907 g/mol. The van der Waals surface area contributed by atoms with Gasteiger partial charge in [0.05, 0.1) is 16.7 Å². The van der Waals surface area contributed by atoms with Crippen LogP contribution in [0.2, 0.25) is 0 Å². The lowest BCUT2D eigenvalue weighted by Crippen LogP contribution is -2.02. The number of nitrogens with zero attached hydrogens (tertiary/aromatic N) is 3. The van der Waals surface area contributed by atoms with Gasteiger partial charge in [-0.25, -0.2) is 9.97 Å². The topological polar surface area (TPSA) is 30.7 Å². The Morgan fingerprint density at radius 3 is 1.50 bits per heavy atom. The van der Waals surface area contributed by atoms with Gasteiger partial charge in [-0.2, -0.15) is 0 Å². The van der Waals surface area contributed by atoms with E-state index in [4.69, 9.17) is 9.97 Å². The van der Waals surface area contributed by atoms with Crippen molar-refractivity contribution in [2.24, 2.45) is 0 Å². The lowest BCUT2D eigenvalue weighted by Gasteiger charge is -2.15. The third kappa shape index (κ3) is 6.72. The van der Waals surface area contributed by atoms with E-state index in [9.17, 15) is 0 Å². The van der Waals surface area contributed by atoms with Crippen LogP contribution >= 0.6 is 11.3 Å². The second kappa shape index (κ2) is 16.4. The quantitative estimate of drug-likeness (QED) is 0.149. The highest BCUT2D eigenvalue weighted by atomic mass is 32.1. The molecule has 0 fully saturated rings. The van der Waals surface area contributed by atoms with Crippen LogP contribution in [0.5, 0.6) is 0 Å². The average Bonchev–Trinajstić information content (AvgIpc) is 4.06. The van der Waals surface area contributed by atoms with Crippen LogP contribution in [0.3, 0.4) is 0 Å². The van der Waals surface area contributed by atoms with E-state index in [2.05, 4.69) is 253 Å². The Kier molecular flexibility index (Phi) is 9.39. The van der Waals surface area contributed by atoms with Crippen LogP contribution in [0, 0.1) is 0 Å². The van der Waals surface area contributed by atoms with Gasteiger partial charge in [0.1, 0.15) is 5.82 Å². The van der Waals surface area contributed by atoms with Gasteiger partial charge in [-0.3, -0.25) is 4.57 Å². The molecule has 0 saturated heterocycles. The highest BCUT2D eigenvalue weighted by Crippen LogP contribution is 2.44. The summed E-state index contributed by atoms with van der Waals surface area (Å²) >= 11 is 1.81. The molecule has 0 spiro atoms. The minimum Gasteiger partial charge on any atom is -0.294 e. The summed E-state index contributed by atoms with van der Waals surface area (Å²) in [6.07, 6.45) is 0. The molecule has 0 atom stereocenters. The van der Waals surface area contributed by atoms with Crippen LogP contribution in [0.1, 0.15) is 0 Å². The van der Waals surface area contributed by atoms with Crippen LogP contribution in [-0.4, -0.2) is 14.5 Å². The largest absolute Gasteiger partial charge is 0.294 e. The van der Waals surface area contributed by atoms with E-state index >= 15 is 0 Å². The van der Waals surface area contributed by atoms with Gasteiger partial charge in [-0.15, -0.1) is 11.3 Å². The lowest BCUT2D eigenvalue weighted by atomic mass is 9.91. The fourth-order valence-electron chi connectivity index (χ4n) is 10.6. The minimum absolute atomic E-state index is 0.667. The van der Waals surface area contributed by atoms with E-state index < -0.39 is 0 Å². The van der Waals surface area contributed by atoms with E-state index in [1.807, 2.05) is 11.3 Å². The molecule has 3 heterocycles. The first-order chi connectivity index (χ1) is 34.7. The second-order valence-electron chi connectivity index (χ2n) is 18.1. The molecule has 0 radical (unpaired) electrons. The van der Waals surface area contributed by atoms with Crippen LogP contribution in [-0.2, 0) is 0 Å². The molecule has 0 amide bonds. The van der Waals surface area contributed by atoms with Gasteiger partial charge in [0.15, 0.2) is 5.82 Å². The zero-order chi connectivity index (χ0) is 46.1. The second-order valence-corrected chi connectivity index (χ2v) is 19.0. The first-order valence-corrected chi connectivity index (χ1v) is 24.7. The van der Waals surface area contributed by atoms with Gasteiger partial charge in [-0.1, -0.05) is 200 Å². The highest BCUT2D eigenvalue weighted by Gasteiger charge is 2.21. The molecule has 0 aliphatic rings. The molecule has 4 heteroatoms. The molecular formula is C66H41N3S. The van der Waals surface area contributed by atoms with Gasteiger partial charge in [0.2, 0.25) is 0 Å². The zero-order valence-corrected chi connectivity index (χ0v) is 38.7. The van der Waals surface area contributed by atoms with Crippen molar-refractivity contribution >= 4 is 75.5 Å². The van der Waals surface area contributed by atoms with Crippen molar-refractivity contribution < 1.29 is 0 Å². The fourth-order valence-corrected chi connectivity index (χ4v) is 11.6. The number of aromatic nitrogens is 3. The maximum atomic E-state index is 5.53. The van der Waals surface area contributed by atoms with E-state index in [1.54, 1.807) is 0 Å². The molecule has 0 N–H and O–H groups in total. The molecule has 3 nitrogen and oxygen atoms in total. The number of thiophene rings is 1. The number of rotatable bonds is 7. The van der Waals surface area contributed by atoms with E-state index in [0.29, 0.717) is 5.82 Å². The molecule has 14 aromatic rings. The lowest BCUT2D eigenvalue weighted by molar-refractivity contribution is 1.05. The first-order valence-electron chi connectivity index (χ1n) is 23.8. The molecule has 0 unspecified atom stereocenters. The third-order valence-electron chi connectivity index (χ3n) is 14.1. The van der Waals surface area contributed by atoms with Gasteiger partial charge in [0.25, 0.3) is 0 Å². The fraction of sp³-hybridized carbons (Fsp3) is 0. The summed E-state index contributed by atoms with van der Waals surface area (Å²) in [5.41, 5.74) is 14.5. The molecule has 0 bridgehead atoms. The minimum atomic E-state index is 0.667. The van der Waals surface area contributed by atoms with E-state index in [0.717, 1.165) is 44.8 Å². The predicted octanol–water partition coefficient (Wildman–Crippen LogP) is 18.2. The van der Waals surface area contributed by atoms with Crippen LogP contribution in [0.25, 0.3) is 137 Å². The highest BCUT2D eigenvalue weighted by molar-refractivity contribution is 7.17. The Labute approximate surface area is 408 Å². The molecule has 3 aromatic heterocycles. The van der Waals surface area contributed by atoms with Crippen molar-refractivity contribution in [1.82, 2.24) is 14.5 Å². The van der Waals surface area contributed by atoms with Crippen molar-refractivity contribution in [1.29, 1.82) is 0 Å². The Hall–Kier alpha value is -8.96. The third-order valence-corrected chi connectivity index (χ3v) is 15.1. The molecule has 0 aliphatic heterocycles. The van der Waals surface area contributed by atoms with Crippen LogP contribution < -0.4 is 0 Å². The Morgan fingerprint density at radius 1 is 0.300 bits per heavy atom. The molecule has 11 aromatic carbocycles. The summed E-state index contributed by atoms with van der Waals surface area (Å²) in [6.45, 7) is 0.